The highest BCUT2D eigenvalue weighted by molar-refractivity contribution is 9.10. The van der Waals surface area contributed by atoms with Gasteiger partial charge in [0.2, 0.25) is 0 Å². The van der Waals surface area contributed by atoms with Crippen molar-refractivity contribution in [3.05, 3.63) is 97.5 Å². The van der Waals surface area contributed by atoms with Gasteiger partial charge in [-0.15, -0.1) is 0 Å². The Kier molecular flexibility index (Phi) is 5.72. The van der Waals surface area contributed by atoms with Crippen LogP contribution in [0.2, 0.25) is 0 Å². The quantitative estimate of drug-likeness (QED) is 0.170. The highest BCUT2D eigenvalue weighted by atomic mass is 79.9. The van der Waals surface area contributed by atoms with Gasteiger partial charge in [0, 0.05) is 32.6 Å². The molecule has 180 valence electrons. The minimum atomic E-state index is -0.626. The van der Waals surface area contributed by atoms with Gasteiger partial charge in [-0.05, 0) is 67.4 Å². The number of rotatable bonds is 5. The van der Waals surface area contributed by atoms with E-state index in [-0.39, 0.29) is 16.9 Å². The number of ether oxygens (including phenoxy) is 1. The molecule has 9 heteroatoms. The van der Waals surface area contributed by atoms with Gasteiger partial charge in [0.25, 0.3) is 17.5 Å². The van der Waals surface area contributed by atoms with Crippen molar-refractivity contribution in [2.24, 2.45) is 0 Å². The van der Waals surface area contributed by atoms with Crippen molar-refractivity contribution >= 4 is 61.3 Å². The average molecular weight is 546 g/mol. The number of hydrogen-bond acceptors (Lipinski definition) is 6. The Labute approximate surface area is 214 Å². The zero-order chi connectivity index (χ0) is 25.7. The zero-order valence-electron chi connectivity index (χ0n) is 19.6. The Morgan fingerprint density at radius 1 is 0.944 bits per heavy atom. The van der Waals surface area contributed by atoms with Gasteiger partial charge in [-0.2, -0.15) is 0 Å². The van der Waals surface area contributed by atoms with Crippen LogP contribution in [0.1, 0.15) is 31.8 Å². The molecule has 0 saturated carbocycles. The summed E-state index contributed by atoms with van der Waals surface area (Å²) in [5, 5.41) is 16.2. The molecule has 0 aliphatic carbocycles. The van der Waals surface area contributed by atoms with Crippen LogP contribution >= 0.6 is 15.9 Å². The number of imide groups is 1. The molecule has 1 N–H and O–H groups in total. The van der Waals surface area contributed by atoms with Crippen molar-refractivity contribution in [1.82, 2.24) is 0 Å². The van der Waals surface area contributed by atoms with Gasteiger partial charge < -0.3 is 10.1 Å². The Bertz CT molecular complexity index is 1600. The maximum absolute atomic E-state index is 13.6. The van der Waals surface area contributed by atoms with Gasteiger partial charge in [-0.3, -0.25) is 19.7 Å². The Morgan fingerprint density at radius 3 is 2.31 bits per heavy atom. The Morgan fingerprint density at radius 2 is 1.64 bits per heavy atom. The second kappa shape index (κ2) is 8.76. The molecule has 0 unspecified atom stereocenters. The van der Waals surface area contributed by atoms with Crippen molar-refractivity contribution in [3.63, 3.8) is 0 Å². The van der Waals surface area contributed by atoms with E-state index >= 15 is 0 Å². The Hall–Kier alpha value is -4.24. The summed E-state index contributed by atoms with van der Waals surface area (Å²) < 4.78 is 6.09. The normalized spacial score (nSPS) is 12.7. The van der Waals surface area contributed by atoms with Gasteiger partial charge in [0.05, 0.1) is 23.3 Å². The monoisotopic (exact) mass is 545 g/mol. The number of anilines is 3. The molecule has 0 atom stereocenters. The number of amides is 2. The number of methoxy groups -OCH3 is 1. The molecule has 0 fully saturated rings. The van der Waals surface area contributed by atoms with Crippen LogP contribution in [0, 0.1) is 24.0 Å². The van der Waals surface area contributed by atoms with E-state index in [2.05, 4.69) is 21.2 Å². The molecule has 0 saturated heterocycles. The second-order valence-corrected chi connectivity index (χ2v) is 9.27. The molecule has 4 aromatic rings. The standard InChI is InChI=1S/C27H20BrN3O5/c1-14-15(2)22(12-11-21(14)28)29-25-18-5-4-6-19-24(18)20(13-23(25)31(34)35)27(33)30(26(19)32)16-7-9-17(36-3)10-8-16/h4-13,29H,1-3H3. The van der Waals surface area contributed by atoms with E-state index in [0.29, 0.717) is 33.5 Å². The number of hydrogen-bond donors (Lipinski definition) is 1. The maximum atomic E-state index is 13.6. The largest absolute Gasteiger partial charge is 0.497 e. The van der Waals surface area contributed by atoms with Gasteiger partial charge in [0.15, 0.2) is 0 Å². The smallest absolute Gasteiger partial charge is 0.294 e. The fraction of sp³-hybridized carbons (Fsp3) is 0.111. The van der Waals surface area contributed by atoms with Crippen molar-refractivity contribution in [1.29, 1.82) is 0 Å². The number of nitrogens with zero attached hydrogens (tertiary/aromatic N) is 2. The number of nitro groups is 1. The topological polar surface area (TPSA) is 102 Å². The predicted molar refractivity (Wildman–Crippen MR) is 142 cm³/mol. The first kappa shape index (κ1) is 23.5. The summed E-state index contributed by atoms with van der Waals surface area (Å²) in [6.45, 7) is 3.86. The third kappa shape index (κ3) is 3.59. The van der Waals surface area contributed by atoms with Crippen molar-refractivity contribution in [2.45, 2.75) is 13.8 Å². The first-order valence-electron chi connectivity index (χ1n) is 11.0. The van der Waals surface area contributed by atoms with Crippen molar-refractivity contribution in [3.8, 4) is 5.75 Å². The van der Waals surface area contributed by atoms with Crippen LogP contribution < -0.4 is 15.0 Å². The van der Waals surface area contributed by atoms with Crippen LogP contribution in [0.25, 0.3) is 10.8 Å². The fourth-order valence-electron chi connectivity index (χ4n) is 4.45. The van der Waals surface area contributed by atoms with Gasteiger partial charge >= 0.3 is 0 Å². The molecule has 4 aromatic carbocycles. The van der Waals surface area contributed by atoms with E-state index in [1.165, 1.54) is 13.2 Å². The lowest BCUT2D eigenvalue weighted by atomic mass is 9.91. The van der Waals surface area contributed by atoms with Gasteiger partial charge in [-0.1, -0.05) is 28.1 Å². The summed E-state index contributed by atoms with van der Waals surface area (Å²) in [7, 11) is 1.52. The van der Waals surface area contributed by atoms with Crippen molar-refractivity contribution < 1.29 is 19.2 Å². The molecule has 1 heterocycles. The van der Waals surface area contributed by atoms with Crippen LogP contribution in [0.15, 0.2) is 65.1 Å². The lowest BCUT2D eigenvalue weighted by Gasteiger charge is -2.28. The number of nitrogens with one attached hydrogen (secondary N) is 1. The number of halogens is 1. The first-order valence-corrected chi connectivity index (χ1v) is 11.8. The molecule has 2 amide bonds. The molecule has 0 spiro atoms. The van der Waals surface area contributed by atoms with Gasteiger partial charge in [0.1, 0.15) is 11.4 Å². The molecule has 1 aliphatic heterocycles. The number of benzene rings is 4. The highest BCUT2D eigenvalue weighted by Gasteiger charge is 2.37. The zero-order valence-corrected chi connectivity index (χ0v) is 21.2. The number of carbonyl (C=O) groups excluding carboxylic acids is 2. The van der Waals surface area contributed by atoms with E-state index in [1.54, 1.807) is 42.5 Å². The summed E-state index contributed by atoms with van der Waals surface area (Å²) in [5.41, 5.74) is 3.29. The average Bonchev–Trinajstić information content (AvgIpc) is 2.88. The third-order valence-electron chi connectivity index (χ3n) is 6.52. The molecule has 0 radical (unpaired) electrons. The molecular formula is C27H20BrN3O5. The van der Waals surface area contributed by atoms with Crippen LogP contribution in [0.4, 0.5) is 22.7 Å². The summed E-state index contributed by atoms with van der Waals surface area (Å²) in [6.07, 6.45) is 0. The molecular weight excluding hydrogens is 526 g/mol. The first-order chi connectivity index (χ1) is 17.2. The molecule has 36 heavy (non-hydrogen) atoms. The van der Waals surface area contributed by atoms with Crippen LogP contribution in [-0.2, 0) is 0 Å². The van der Waals surface area contributed by atoms with Crippen molar-refractivity contribution in [2.75, 3.05) is 17.3 Å². The van der Waals surface area contributed by atoms with E-state index < -0.39 is 16.7 Å². The van der Waals surface area contributed by atoms with E-state index in [1.807, 2.05) is 26.0 Å². The molecule has 0 bridgehead atoms. The van der Waals surface area contributed by atoms with Crippen LogP contribution in [0.5, 0.6) is 5.75 Å². The second-order valence-electron chi connectivity index (χ2n) is 8.42. The predicted octanol–water partition coefficient (Wildman–Crippen LogP) is 6.68. The van der Waals surface area contributed by atoms with Crippen LogP contribution in [-0.4, -0.2) is 23.8 Å². The minimum Gasteiger partial charge on any atom is -0.497 e. The van der Waals surface area contributed by atoms with Gasteiger partial charge in [-0.25, -0.2) is 4.90 Å². The molecule has 0 aromatic heterocycles. The third-order valence-corrected chi connectivity index (χ3v) is 7.37. The summed E-state index contributed by atoms with van der Waals surface area (Å²) >= 11 is 3.50. The van der Waals surface area contributed by atoms with Crippen LogP contribution in [0.3, 0.4) is 0 Å². The summed E-state index contributed by atoms with van der Waals surface area (Å²) in [5.74, 6) is -0.555. The lowest BCUT2D eigenvalue weighted by Crippen LogP contribution is -2.40. The van der Waals surface area contributed by atoms with E-state index in [4.69, 9.17) is 4.74 Å². The molecule has 8 nitrogen and oxygen atoms in total. The highest BCUT2D eigenvalue weighted by Crippen LogP contribution is 2.43. The molecule has 1 aliphatic rings. The summed E-state index contributed by atoms with van der Waals surface area (Å²) in [4.78, 5) is 39.8. The Balaban J connectivity index is 1.72. The maximum Gasteiger partial charge on any atom is 0.294 e. The van der Waals surface area contributed by atoms with E-state index in [0.717, 1.165) is 20.5 Å². The fourth-order valence-corrected chi connectivity index (χ4v) is 4.88. The van der Waals surface area contributed by atoms with E-state index in [9.17, 15) is 19.7 Å². The SMILES string of the molecule is COc1ccc(N2C(=O)c3cccc4c(Nc5ccc(Br)c(C)c5C)c([N+](=O)[O-])cc(c34)C2=O)cc1. The molecule has 5 rings (SSSR count). The lowest BCUT2D eigenvalue weighted by molar-refractivity contribution is -0.383. The summed E-state index contributed by atoms with van der Waals surface area (Å²) in [6, 6.07) is 16.4. The number of nitro benzene ring substituents is 1. The minimum absolute atomic E-state index is 0.0944. The number of carbonyl (C=O) groups is 2.